The van der Waals surface area contributed by atoms with E-state index in [0.29, 0.717) is 23.7 Å². The number of esters is 1. The summed E-state index contributed by atoms with van der Waals surface area (Å²) in [6.45, 7) is 4.73. The molecule has 0 aliphatic heterocycles. The van der Waals surface area contributed by atoms with Crippen LogP contribution in [-0.4, -0.2) is 42.8 Å². The molecular formula is C20H28ClNO4. The molecule has 0 heterocycles. The van der Waals surface area contributed by atoms with Crippen LogP contribution < -0.4 is 0 Å². The summed E-state index contributed by atoms with van der Waals surface area (Å²) in [6, 6.07) is 6.64. The van der Waals surface area contributed by atoms with Crippen LogP contribution in [0.25, 0.3) is 0 Å². The molecule has 0 spiro atoms. The summed E-state index contributed by atoms with van der Waals surface area (Å²) >= 11 is 5.82. The number of Topliss-reactive ketones (excluding diaryl/α,β-unsaturated/α-hetero) is 1. The van der Waals surface area contributed by atoms with Crippen molar-refractivity contribution >= 4 is 29.3 Å². The van der Waals surface area contributed by atoms with Crippen molar-refractivity contribution in [2.24, 2.45) is 5.92 Å². The molecule has 0 aromatic heterocycles. The molecule has 1 rings (SSSR count). The average Bonchev–Trinajstić information content (AvgIpc) is 2.64. The third-order valence-corrected chi connectivity index (χ3v) is 4.47. The van der Waals surface area contributed by atoms with Gasteiger partial charge in [0.2, 0.25) is 5.91 Å². The van der Waals surface area contributed by atoms with E-state index in [2.05, 4.69) is 6.92 Å². The van der Waals surface area contributed by atoms with Crippen LogP contribution in [0.5, 0.6) is 0 Å². The first-order chi connectivity index (χ1) is 12.4. The van der Waals surface area contributed by atoms with E-state index < -0.39 is 5.92 Å². The van der Waals surface area contributed by atoms with Crippen LogP contribution in [0.4, 0.5) is 0 Å². The number of amides is 1. The fourth-order valence-corrected chi connectivity index (χ4v) is 2.76. The minimum atomic E-state index is -0.391. The Hall–Kier alpha value is -1.88. The van der Waals surface area contributed by atoms with Crippen LogP contribution in [-0.2, 0) is 14.3 Å². The van der Waals surface area contributed by atoms with E-state index >= 15 is 0 Å². The molecule has 6 heteroatoms. The van der Waals surface area contributed by atoms with Crippen molar-refractivity contribution in [1.82, 2.24) is 4.90 Å². The van der Waals surface area contributed by atoms with E-state index in [1.807, 2.05) is 0 Å². The van der Waals surface area contributed by atoms with E-state index in [0.717, 1.165) is 19.3 Å². The van der Waals surface area contributed by atoms with Gasteiger partial charge in [-0.15, -0.1) is 0 Å². The highest BCUT2D eigenvalue weighted by Gasteiger charge is 2.22. The molecule has 1 atom stereocenters. The number of methoxy groups -OCH3 is 1. The minimum Gasteiger partial charge on any atom is -0.469 e. The first kappa shape index (κ1) is 22.2. The van der Waals surface area contributed by atoms with Crippen LogP contribution >= 0.6 is 11.6 Å². The number of carbonyl (C=O) groups excluding carboxylic acids is 3. The maximum absolute atomic E-state index is 12.6. The van der Waals surface area contributed by atoms with E-state index in [-0.39, 0.29) is 30.5 Å². The van der Waals surface area contributed by atoms with Gasteiger partial charge in [-0.05, 0) is 30.7 Å². The molecule has 144 valence electrons. The number of nitrogens with zero attached hydrogens (tertiary/aromatic N) is 1. The van der Waals surface area contributed by atoms with Gasteiger partial charge < -0.3 is 9.64 Å². The molecule has 1 aromatic carbocycles. The van der Waals surface area contributed by atoms with E-state index in [1.165, 1.54) is 7.11 Å². The predicted molar refractivity (Wildman–Crippen MR) is 102 cm³/mol. The molecular weight excluding hydrogens is 354 g/mol. The largest absolute Gasteiger partial charge is 0.469 e. The molecule has 1 aromatic rings. The van der Waals surface area contributed by atoms with E-state index in [1.54, 1.807) is 36.1 Å². The van der Waals surface area contributed by atoms with Crippen LogP contribution in [0.15, 0.2) is 24.3 Å². The molecule has 0 saturated heterocycles. The molecule has 0 aliphatic rings. The number of hydrogen-bond donors (Lipinski definition) is 0. The van der Waals surface area contributed by atoms with Crippen molar-refractivity contribution in [3.63, 3.8) is 0 Å². The number of ketones is 1. The molecule has 0 aliphatic carbocycles. The van der Waals surface area contributed by atoms with Gasteiger partial charge in [-0.3, -0.25) is 14.4 Å². The monoisotopic (exact) mass is 381 g/mol. The lowest BCUT2D eigenvalue weighted by atomic mass is 10.1. The Kier molecular flexibility index (Phi) is 9.96. The molecule has 0 fully saturated rings. The Morgan fingerprint density at radius 1 is 1.12 bits per heavy atom. The Morgan fingerprint density at radius 3 is 2.35 bits per heavy atom. The number of hydrogen-bond acceptors (Lipinski definition) is 4. The fraction of sp³-hybridized carbons (Fsp3) is 0.550. The summed E-state index contributed by atoms with van der Waals surface area (Å²) < 4.78 is 4.74. The van der Waals surface area contributed by atoms with Crippen LogP contribution in [0, 0.1) is 5.92 Å². The molecule has 0 bridgehead atoms. The maximum atomic E-state index is 12.6. The molecule has 1 unspecified atom stereocenters. The summed E-state index contributed by atoms with van der Waals surface area (Å²) in [5.41, 5.74) is 0.544. The number of carbonyl (C=O) groups is 3. The molecule has 0 saturated carbocycles. The van der Waals surface area contributed by atoms with Gasteiger partial charge >= 0.3 is 5.97 Å². The topological polar surface area (TPSA) is 63.7 Å². The summed E-state index contributed by atoms with van der Waals surface area (Å²) in [5.74, 6) is -0.934. The van der Waals surface area contributed by atoms with Crippen LogP contribution in [0.1, 0.15) is 56.3 Å². The lowest BCUT2D eigenvalue weighted by Gasteiger charge is -2.25. The first-order valence-corrected chi connectivity index (χ1v) is 9.41. The third-order valence-electron chi connectivity index (χ3n) is 4.21. The standard InChI is InChI=1S/C20H28ClNO4/c1-4-5-6-13-22(14-15(2)20(25)26-3)19(24)12-11-18(23)16-7-9-17(21)10-8-16/h7-10,15H,4-6,11-14H2,1-3H3. The van der Waals surface area contributed by atoms with Crippen molar-refractivity contribution in [3.05, 3.63) is 34.9 Å². The molecule has 5 nitrogen and oxygen atoms in total. The summed E-state index contributed by atoms with van der Waals surface area (Å²) in [6.07, 6.45) is 3.20. The van der Waals surface area contributed by atoms with E-state index in [4.69, 9.17) is 16.3 Å². The van der Waals surface area contributed by atoms with Crippen molar-refractivity contribution in [2.45, 2.75) is 46.0 Å². The first-order valence-electron chi connectivity index (χ1n) is 9.03. The van der Waals surface area contributed by atoms with Crippen molar-refractivity contribution in [1.29, 1.82) is 0 Å². The third kappa shape index (κ3) is 7.56. The normalized spacial score (nSPS) is 11.7. The van der Waals surface area contributed by atoms with Crippen molar-refractivity contribution < 1.29 is 19.1 Å². The Bertz CT molecular complexity index is 600. The molecule has 1 amide bonds. The molecule has 0 radical (unpaired) electrons. The predicted octanol–water partition coefficient (Wildman–Crippen LogP) is 4.13. The van der Waals surface area contributed by atoms with Gasteiger partial charge in [0.05, 0.1) is 13.0 Å². The lowest BCUT2D eigenvalue weighted by Crippen LogP contribution is -2.38. The zero-order valence-electron chi connectivity index (χ0n) is 15.8. The van der Waals surface area contributed by atoms with Gasteiger partial charge in [0.25, 0.3) is 0 Å². The maximum Gasteiger partial charge on any atom is 0.310 e. The Balaban J connectivity index is 2.63. The van der Waals surface area contributed by atoms with Gasteiger partial charge in [-0.25, -0.2) is 0 Å². The SMILES string of the molecule is CCCCCN(CC(C)C(=O)OC)C(=O)CCC(=O)c1ccc(Cl)cc1. The zero-order chi connectivity index (χ0) is 19.5. The smallest absolute Gasteiger partial charge is 0.310 e. The zero-order valence-corrected chi connectivity index (χ0v) is 16.6. The number of ether oxygens (including phenoxy) is 1. The van der Waals surface area contributed by atoms with Gasteiger partial charge in [0.15, 0.2) is 5.78 Å². The number of halogens is 1. The van der Waals surface area contributed by atoms with Gasteiger partial charge in [-0.1, -0.05) is 38.3 Å². The molecule has 26 heavy (non-hydrogen) atoms. The highest BCUT2D eigenvalue weighted by molar-refractivity contribution is 6.30. The number of rotatable bonds is 11. The average molecular weight is 382 g/mol. The molecule has 0 N–H and O–H groups in total. The van der Waals surface area contributed by atoms with Gasteiger partial charge in [-0.2, -0.15) is 0 Å². The van der Waals surface area contributed by atoms with Crippen molar-refractivity contribution in [3.8, 4) is 0 Å². The second kappa shape index (κ2) is 11.7. The van der Waals surface area contributed by atoms with Crippen molar-refractivity contribution in [2.75, 3.05) is 20.2 Å². The Labute approximate surface area is 160 Å². The summed E-state index contributed by atoms with van der Waals surface area (Å²) in [4.78, 5) is 38.1. The Morgan fingerprint density at radius 2 is 1.77 bits per heavy atom. The fourth-order valence-electron chi connectivity index (χ4n) is 2.64. The highest BCUT2D eigenvalue weighted by Crippen LogP contribution is 2.13. The number of benzene rings is 1. The number of unbranched alkanes of at least 4 members (excludes halogenated alkanes) is 2. The minimum absolute atomic E-state index is 0.0930. The lowest BCUT2D eigenvalue weighted by molar-refractivity contribution is -0.146. The highest BCUT2D eigenvalue weighted by atomic mass is 35.5. The van der Waals surface area contributed by atoms with Crippen LogP contribution in [0.3, 0.4) is 0 Å². The second-order valence-corrected chi connectivity index (χ2v) is 6.84. The quantitative estimate of drug-likeness (QED) is 0.328. The van der Waals surface area contributed by atoms with Gasteiger partial charge in [0.1, 0.15) is 0 Å². The summed E-state index contributed by atoms with van der Waals surface area (Å²) in [5, 5.41) is 0.566. The van der Waals surface area contributed by atoms with E-state index in [9.17, 15) is 14.4 Å². The van der Waals surface area contributed by atoms with Crippen LogP contribution in [0.2, 0.25) is 5.02 Å². The second-order valence-electron chi connectivity index (χ2n) is 6.40. The van der Waals surface area contributed by atoms with Gasteiger partial charge in [0, 0.05) is 36.5 Å². The summed E-state index contributed by atoms with van der Waals surface area (Å²) in [7, 11) is 1.34.